The van der Waals surface area contributed by atoms with E-state index in [0.29, 0.717) is 6.54 Å². The molecular weight excluding hydrogens is 304 g/mol. The largest absolute Gasteiger partial charge is 0.371 e. The molecule has 1 fully saturated rings. The Hall–Kier alpha value is -2.24. The minimum atomic E-state index is -0.555. The Labute approximate surface area is 144 Å². The van der Waals surface area contributed by atoms with Crippen LogP contribution in [-0.4, -0.2) is 49.6 Å². The molecule has 1 heterocycles. The van der Waals surface area contributed by atoms with Crippen molar-refractivity contribution in [1.29, 1.82) is 0 Å². The maximum absolute atomic E-state index is 12.1. The molecule has 0 unspecified atom stereocenters. The predicted octanol–water partition coefficient (Wildman–Crippen LogP) is 2.67. The van der Waals surface area contributed by atoms with Crippen LogP contribution in [0.4, 0.5) is 16.2 Å². The van der Waals surface area contributed by atoms with Crippen LogP contribution in [0.2, 0.25) is 0 Å². The van der Waals surface area contributed by atoms with E-state index in [2.05, 4.69) is 21.6 Å². The zero-order chi connectivity index (χ0) is 17.5. The van der Waals surface area contributed by atoms with Crippen LogP contribution in [0.15, 0.2) is 24.3 Å². The van der Waals surface area contributed by atoms with E-state index in [1.807, 2.05) is 25.1 Å². The number of hydrogen-bond donors (Lipinski definition) is 2. The first-order valence-electron chi connectivity index (χ1n) is 8.68. The Kier molecular flexibility index (Phi) is 6.46. The van der Waals surface area contributed by atoms with Crippen LogP contribution in [0, 0.1) is 0 Å². The van der Waals surface area contributed by atoms with Crippen molar-refractivity contribution in [2.75, 3.05) is 36.9 Å². The zero-order valence-corrected chi connectivity index (χ0v) is 14.8. The van der Waals surface area contributed by atoms with Gasteiger partial charge in [-0.2, -0.15) is 0 Å². The summed E-state index contributed by atoms with van der Waals surface area (Å²) in [6.45, 7) is 6.33. The summed E-state index contributed by atoms with van der Waals surface area (Å²) < 4.78 is 0. The zero-order valence-electron chi connectivity index (χ0n) is 14.8. The first-order valence-corrected chi connectivity index (χ1v) is 8.68. The highest BCUT2D eigenvalue weighted by atomic mass is 16.2. The van der Waals surface area contributed by atoms with Crippen molar-refractivity contribution in [2.45, 2.75) is 39.2 Å². The fourth-order valence-electron chi connectivity index (χ4n) is 2.84. The average molecular weight is 332 g/mol. The molecule has 0 bridgehead atoms. The molecule has 1 aromatic rings. The highest BCUT2D eigenvalue weighted by Gasteiger charge is 2.18. The highest BCUT2D eigenvalue weighted by Crippen LogP contribution is 2.22. The Morgan fingerprint density at radius 1 is 1.25 bits per heavy atom. The number of benzene rings is 1. The van der Waals surface area contributed by atoms with Gasteiger partial charge in [0.1, 0.15) is 6.04 Å². The second-order valence-corrected chi connectivity index (χ2v) is 6.27. The lowest BCUT2D eigenvalue weighted by atomic mass is 10.1. The molecule has 3 amide bonds. The van der Waals surface area contributed by atoms with Crippen molar-refractivity contribution >= 4 is 23.3 Å². The summed E-state index contributed by atoms with van der Waals surface area (Å²) in [5, 5.41) is 5.50. The molecule has 0 spiro atoms. The number of likely N-dealkylation sites (N-methyl/N-ethyl adjacent to an activating group) is 1. The normalized spacial score (nSPS) is 15.5. The van der Waals surface area contributed by atoms with Gasteiger partial charge in [-0.1, -0.05) is 6.07 Å². The lowest BCUT2D eigenvalue weighted by molar-refractivity contribution is -0.131. The number of nitrogens with zero attached hydrogens (tertiary/aromatic N) is 2. The molecule has 0 radical (unpaired) electrons. The maximum atomic E-state index is 12.1. The van der Waals surface area contributed by atoms with Crippen molar-refractivity contribution in [3.8, 4) is 0 Å². The number of amides is 3. The van der Waals surface area contributed by atoms with Crippen molar-refractivity contribution < 1.29 is 9.59 Å². The van der Waals surface area contributed by atoms with Crippen LogP contribution in [-0.2, 0) is 4.79 Å². The van der Waals surface area contributed by atoms with Crippen LogP contribution in [0.1, 0.15) is 33.1 Å². The van der Waals surface area contributed by atoms with Crippen LogP contribution in [0.25, 0.3) is 0 Å². The van der Waals surface area contributed by atoms with Crippen LogP contribution in [0.5, 0.6) is 0 Å². The Morgan fingerprint density at radius 3 is 2.62 bits per heavy atom. The van der Waals surface area contributed by atoms with E-state index in [1.54, 1.807) is 18.9 Å². The summed E-state index contributed by atoms with van der Waals surface area (Å²) in [7, 11) is 1.72. The number of carbonyl (C=O) groups is 2. The van der Waals surface area contributed by atoms with E-state index in [9.17, 15) is 9.59 Å². The lowest BCUT2D eigenvalue weighted by Gasteiger charge is -2.29. The van der Waals surface area contributed by atoms with Gasteiger partial charge >= 0.3 is 6.03 Å². The smallest absolute Gasteiger partial charge is 0.319 e. The molecule has 24 heavy (non-hydrogen) atoms. The van der Waals surface area contributed by atoms with Gasteiger partial charge in [0.2, 0.25) is 5.91 Å². The van der Waals surface area contributed by atoms with Gasteiger partial charge in [-0.15, -0.1) is 0 Å². The lowest BCUT2D eigenvalue weighted by Crippen LogP contribution is -2.46. The van der Waals surface area contributed by atoms with Crippen molar-refractivity contribution in [1.82, 2.24) is 10.2 Å². The van der Waals surface area contributed by atoms with E-state index in [1.165, 1.54) is 19.3 Å². The first-order chi connectivity index (χ1) is 11.5. The predicted molar refractivity (Wildman–Crippen MR) is 97.4 cm³/mol. The van der Waals surface area contributed by atoms with E-state index in [-0.39, 0.29) is 11.9 Å². The Balaban J connectivity index is 1.93. The molecule has 6 heteroatoms. The quantitative estimate of drug-likeness (QED) is 0.871. The fraction of sp³-hybridized carbons (Fsp3) is 0.556. The number of rotatable bonds is 5. The average Bonchev–Trinajstić information content (AvgIpc) is 2.61. The van der Waals surface area contributed by atoms with E-state index < -0.39 is 6.04 Å². The van der Waals surface area contributed by atoms with Gasteiger partial charge in [-0.3, -0.25) is 4.79 Å². The molecule has 1 aliphatic heterocycles. The van der Waals surface area contributed by atoms with E-state index in [4.69, 9.17) is 0 Å². The SMILES string of the molecule is CCN(C)C(=O)[C@H](C)NC(=O)Nc1cccc(N2CCCCC2)c1. The van der Waals surface area contributed by atoms with Gasteiger partial charge in [0, 0.05) is 38.1 Å². The van der Waals surface area contributed by atoms with Gasteiger partial charge in [0.05, 0.1) is 0 Å². The first kappa shape index (κ1) is 18.1. The summed E-state index contributed by atoms with van der Waals surface area (Å²) in [5.74, 6) is -0.102. The third kappa shape index (κ3) is 4.88. The number of piperidine rings is 1. The molecule has 1 saturated heterocycles. The third-order valence-electron chi connectivity index (χ3n) is 4.39. The van der Waals surface area contributed by atoms with Crippen LogP contribution >= 0.6 is 0 Å². The highest BCUT2D eigenvalue weighted by molar-refractivity contribution is 5.93. The number of nitrogens with one attached hydrogen (secondary N) is 2. The van der Waals surface area contributed by atoms with Crippen molar-refractivity contribution in [2.24, 2.45) is 0 Å². The summed E-state index contributed by atoms with van der Waals surface area (Å²) in [4.78, 5) is 28.0. The molecule has 1 aliphatic rings. The topological polar surface area (TPSA) is 64.7 Å². The molecule has 0 saturated carbocycles. The summed E-state index contributed by atoms with van der Waals surface area (Å²) in [5.41, 5.74) is 1.86. The summed E-state index contributed by atoms with van der Waals surface area (Å²) >= 11 is 0. The molecular formula is C18H28N4O2. The number of carbonyl (C=O) groups excluding carboxylic acids is 2. The molecule has 0 aliphatic carbocycles. The van der Waals surface area contributed by atoms with Gasteiger partial charge in [0.15, 0.2) is 0 Å². The number of hydrogen-bond acceptors (Lipinski definition) is 3. The van der Waals surface area contributed by atoms with E-state index >= 15 is 0 Å². The maximum Gasteiger partial charge on any atom is 0.319 e. The molecule has 2 N–H and O–H groups in total. The molecule has 0 aromatic heterocycles. The second-order valence-electron chi connectivity index (χ2n) is 6.27. The minimum absolute atomic E-state index is 0.102. The molecule has 6 nitrogen and oxygen atoms in total. The van der Waals surface area contributed by atoms with Crippen molar-refractivity contribution in [3.63, 3.8) is 0 Å². The Morgan fingerprint density at radius 2 is 1.96 bits per heavy atom. The molecule has 132 valence electrons. The van der Waals surface area contributed by atoms with Crippen LogP contribution in [0.3, 0.4) is 0 Å². The van der Waals surface area contributed by atoms with Gasteiger partial charge in [-0.05, 0) is 51.3 Å². The molecule has 1 atom stereocenters. The second kappa shape index (κ2) is 8.57. The number of urea groups is 1. The van der Waals surface area contributed by atoms with Gasteiger partial charge in [0.25, 0.3) is 0 Å². The fourth-order valence-corrected chi connectivity index (χ4v) is 2.84. The monoisotopic (exact) mass is 332 g/mol. The summed E-state index contributed by atoms with van der Waals surface area (Å²) in [6.07, 6.45) is 3.71. The minimum Gasteiger partial charge on any atom is -0.371 e. The van der Waals surface area contributed by atoms with E-state index in [0.717, 1.165) is 24.5 Å². The third-order valence-corrected chi connectivity index (χ3v) is 4.39. The van der Waals surface area contributed by atoms with Crippen LogP contribution < -0.4 is 15.5 Å². The molecule has 2 rings (SSSR count). The van der Waals surface area contributed by atoms with Gasteiger partial charge in [-0.25, -0.2) is 4.79 Å². The van der Waals surface area contributed by atoms with Gasteiger partial charge < -0.3 is 20.4 Å². The summed E-state index contributed by atoms with van der Waals surface area (Å²) in [6, 6.07) is 6.93. The number of anilines is 2. The van der Waals surface area contributed by atoms with Crippen molar-refractivity contribution in [3.05, 3.63) is 24.3 Å². The Bertz CT molecular complexity index is 570. The standard InChI is InChI=1S/C18H28N4O2/c1-4-21(3)17(23)14(2)19-18(24)20-15-9-8-10-16(13-15)22-11-6-5-7-12-22/h8-10,13-14H,4-7,11-12H2,1-3H3,(H2,19,20,24)/t14-/m0/s1. The molecule has 1 aromatic carbocycles.